The molecule has 0 saturated heterocycles. The molecule has 144 valence electrons. The molecule has 0 radical (unpaired) electrons. The summed E-state index contributed by atoms with van der Waals surface area (Å²) in [6, 6.07) is 3.41. The molecule has 2 aromatic rings. The van der Waals surface area contributed by atoms with Gasteiger partial charge in [-0.15, -0.1) is 0 Å². The van der Waals surface area contributed by atoms with Crippen LogP contribution in [0.2, 0.25) is 0 Å². The van der Waals surface area contributed by atoms with Gasteiger partial charge >= 0.3 is 5.97 Å². The Bertz CT molecular complexity index is 870. The van der Waals surface area contributed by atoms with Crippen LogP contribution in [0.25, 0.3) is 0 Å². The molecule has 0 aliphatic carbocycles. The highest BCUT2D eigenvalue weighted by Gasteiger charge is 2.20. The molecule has 12 heteroatoms. The third-order valence-electron chi connectivity index (χ3n) is 3.35. The number of carbonyl (C=O) groups excluding carboxylic acids is 1. The van der Waals surface area contributed by atoms with Gasteiger partial charge in [-0.25, -0.2) is 13.6 Å². The highest BCUT2D eigenvalue weighted by Crippen LogP contribution is 2.27. The van der Waals surface area contributed by atoms with Gasteiger partial charge in [0.1, 0.15) is 18.4 Å². The number of benzene rings is 1. The molecule has 1 aromatic carbocycles. The first-order valence-corrected chi connectivity index (χ1v) is 7.47. The molecule has 10 nitrogen and oxygen atoms in total. The molecule has 0 bridgehead atoms. The number of nitrogens with one attached hydrogen (secondary N) is 1. The summed E-state index contributed by atoms with van der Waals surface area (Å²) < 4.78 is 30.4. The summed E-state index contributed by atoms with van der Waals surface area (Å²) in [4.78, 5) is 33.3. The Hall–Kier alpha value is -3.57. The lowest BCUT2D eigenvalue weighted by Gasteiger charge is -2.13. The number of non-ortho nitro benzene ring substituents is 1. The first-order chi connectivity index (χ1) is 12.7. The monoisotopic (exact) mass is 384 g/mol. The van der Waals surface area contributed by atoms with Crippen LogP contribution in [-0.4, -0.2) is 44.7 Å². The number of nitro groups is 1. The number of carbonyl (C=O) groups is 2. The second kappa shape index (κ2) is 8.21. The molecule has 1 aromatic heterocycles. The SMILES string of the molecule is CC(C(=O)Nc1cc(OCC(F)F)cc([N+](=O)[O-])c1)n1ccc(C(=O)O)n1. The van der Waals surface area contributed by atoms with Crippen LogP contribution < -0.4 is 10.1 Å². The van der Waals surface area contributed by atoms with E-state index in [9.17, 15) is 28.5 Å². The Kier molecular flexibility index (Phi) is 6.00. The fourth-order valence-electron chi connectivity index (χ4n) is 2.04. The van der Waals surface area contributed by atoms with E-state index in [1.165, 1.54) is 19.2 Å². The highest BCUT2D eigenvalue weighted by molar-refractivity contribution is 5.94. The van der Waals surface area contributed by atoms with Gasteiger partial charge in [0.2, 0.25) is 5.91 Å². The number of hydrogen-bond acceptors (Lipinski definition) is 6. The minimum Gasteiger partial charge on any atom is -0.487 e. The van der Waals surface area contributed by atoms with Gasteiger partial charge in [0.25, 0.3) is 12.1 Å². The number of carboxylic acids is 1. The smallest absolute Gasteiger partial charge is 0.356 e. The van der Waals surface area contributed by atoms with E-state index in [4.69, 9.17) is 9.84 Å². The van der Waals surface area contributed by atoms with Crippen LogP contribution in [-0.2, 0) is 4.79 Å². The number of nitro benzene ring substituents is 1. The van der Waals surface area contributed by atoms with E-state index in [0.717, 1.165) is 22.9 Å². The van der Waals surface area contributed by atoms with Crippen molar-refractivity contribution >= 4 is 23.3 Å². The number of anilines is 1. The predicted molar refractivity (Wildman–Crippen MR) is 87.1 cm³/mol. The van der Waals surface area contributed by atoms with Crippen LogP contribution in [0.5, 0.6) is 5.75 Å². The molecule has 1 heterocycles. The fourth-order valence-corrected chi connectivity index (χ4v) is 2.04. The van der Waals surface area contributed by atoms with E-state index in [-0.39, 0.29) is 17.1 Å². The largest absolute Gasteiger partial charge is 0.487 e. The summed E-state index contributed by atoms with van der Waals surface area (Å²) in [6.07, 6.45) is -1.48. The Morgan fingerprint density at radius 2 is 2.11 bits per heavy atom. The molecular weight excluding hydrogens is 370 g/mol. The van der Waals surface area contributed by atoms with Crippen LogP contribution in [0.3, 0.4) is 0 Å². The predicted octanol–water partition coefficient (Wildman–Crippen LogP) is 2.33. The minimum atomic E-state index is -2.77. The Morgan fingerprint density at radius 1 is 1.41 bits per heavy atom. The fraction of sp³-hybridized carbons (Fsp3) is 0.267. The normalized spacial score (nSPS) is 11.9. The Labute approximate surface area is 150 Å². The van der Waals surface area contributed by atoms with Crippen LogP contribution in [0.15, 0.2) is 30.5 Å². The van der Waals surface area contributed by atoms with Gasteiger partial charge in [-0.05, 0) is 13.0 Å². The first-order valence-electron chi connectivity index (χ1n) is 7.47. The number of nitrogens with zero attached hydrogens (tertiary/aromatic N) is 3. The van der Waals surface area contributed by atoms with Gasteiger partial charge in [0.15, 0.2) is 5.69 Å². The summed E-state index contributed by atoms with van der Waals surface area (Å²) in [5, 5.41) is 25.9. The molecule has 1 amide bonds. The standard InChI is InChI=1S/C15H14F2N4O6/c1-8(20-3-2-12(19-20)15(23)24)14(22)18-9-4-10(21(25)26)6-11(5-9)27-7-13(16)17/h2-6,8,13H,7H2,1H3,(H,18,22)(H,23,24). The number of ether oxygens (including phenoxy) is 1. The lowest BCUT2D eigenvalue weighted by molar-refractivity contribution is -0.384. The second-order valence-electron chi connectivity index (χ2n) is 5.33. The number of alkyl halides is 2. The molecule has 2 rings (SSSR count). The number of rotatable bonds is 8. The maximum absolute atomic E-state index is 12.3. The molecule has 27 heavy (non-hydrogen) atoms. The van der Waals surface area contributed by atoms with Crippen molar-refractivity contribution in [3.8, 4) is 5.75 Å². The Balaban J connectivity index is 2.19. The van der Waals surface area contributed by atoms with Gasteiger partial charge in [-0.2, -0.15) is 5.10 Å². The average molecular weight is 384 g/mol. The van der Waals surface area contributed by atoms with Gasteiger partial charge < -0.3 is 15.2 Å². The van der Waals surface area contributed by atoms with Crippen LogP contribution in [0, 0.1) is 10.1 Å². The van der Waals surface area contributed by atoms with Crippen molar-refractivity contribution in [2.24, 2.45) is 0 Å². The zero-order valence-electron chi connectivity index (χ0n) is 13.8. The quantitative estimate of drug-likeness (QED) is 0.526. The Morgan fingerprint density at radius 3 is 2.67 bits per heavy atom. The minimum absolute atomic E-state index is 0.0454. The zero-order chi connectivity index (χ0) is 20.1. The van der Waals surface area contributed by atoms with E-state index in [2.05, 4.69) is 10.4 Å². The van der Waals surface area contributed by atoms with Crippen molar-refractivity contribution in [2.45, 2.75) is 19.4 Å². The van der Waals surface area contributed by atoms with Gasteiger partial charge in [0.05, 0.1) is 16.7 Å². The average Bonchev–Trinajstić information content (AvgIpc) is 3.09. The molecule has 0 aliphatic rings. The maximum Gasteiger partial charge on any atom is 0.356 e. The molecule has 1 atom stereocenters. The third kappa shape index (κ3) is 5.20. The van der Waals surface area contributed by atoms with E-state index in [0.29, 0.717) is 0 Å². The lowest BCUT2D eigenvalue weighted by Crippen LogP contribution is -2.24. The zero-order valence-corrected chi connectivity index (χ0v) is 13.8. The molecule has 2 N–H and O–H groups in total. The van der Waals surface area contributed by atoms with Crippen LogP contribution >= 0.6 is 0 Å². The molecule has 0 saturated carbocycles. The number of amides is 1. The number of aromatic carboxylic acids is 1. The van der Waals surface area contributed by atoms with Crippen molar-refractivity contribution in [1.82, 2.24) is 9.78 Å². The first kappa shape index (κ1) is 19.8. The molecule has 1 unspecified atom stereocenters. The van der Waals surface area contributed by atoms with Crippen molar-refractivity contribution in [3.05, 3.63) is 46.3 Å². The summed E-state index contributed by atoms with van der Waals surface area (Å²) in [7, 11) is 0. The summed E-state index contributed by atoms with van der Waals surface area (Å²) in [6.45, 7) is 0.468. The molecule has 0 aliphatic heterocycles. The van der Waals surface area contributed by atoms with Gasteiger partial charge in [-0.1, -0.05) is 0 Å². The number of hydrogen-bond donors (Lipinski definition) is 2. The maximum atomic E-state index is 12.3. The number of carboxylic acid groups (broad SMARTS) is 1. The van der Waals surface area contributed by atoms with Crippen molar-refractivity contribution < 1.29 is 33.1 Å². The summed E-state index contributed by atoms with van der Waals surface area (Å²) >= 11 is 0. The van der Waals surface area contributed by atoms with E-state index in [1.807, 2.05) is 0 Å². The topological polar surface area (TPSA) is 137 Å². The van der Waals surface area contributed by atoms with Gasteiger partial charge in [-0.3, -0.25) is 19.6 Å². The number of aromatic nitrogens is 2. The molecular formula is C15H14F2N4O6. The second-order valence-corrected chi connectivity index (χ2v) is 5.33. The molecule has 0 fully saturated rings. The van der Waals surface area contributed by atoms with Crippen LogP contribution in [0.1, 0.15) is 23.5 Å². The lowest BCUT2D eigenvalue weighted by atomic mass is 10.2. The highest BCUT2D eigenvalue weighted by atomic mass is 19.3. The van der Waals surface area contributed by atoms with Crippen LogP contribution in [0.4, 0.5) is 20.2 Å². The van der Waals surface area contributed by atoms with E-state index < -0.39 is 41.6 Å². The van der Waals surface area contributed by atoms with E-state index in [1.54, 1.807) is 0 Å². The summed E-state index contributed by atoms with van der Waals surface area (Å²) in [5.74, 6) is -2.13. The van der Waals surface area contributed by atoms with Crippen molar-refractivity contribution in [2.75, 3.05) is 11.9 Å². The molecule has 0 spiro atoms. The van der Waals surface area contributed by atoms with E-state index >= 15 is 0 Å². The van der Waals surface area contributed by atoms with Crippen molar-refractivity contribution in [3.63, 3.8) is 0 Å². The summed E-state index contributed by atoms with van der Waals surface area (Å²) in [5.41, 5.74) is -0.763. The van der Waals surface area contributed by atoms with Gasteiger partial charge in [0, 0.05) is 18.3 Å². The van der Waals surface area contributed by atoms with Crippen molar-refractivity contribution in [1.29, 1.82) is 0 Å². The number of halogens is 2. The third-order valence-corrected chi connectivity index (χ3v) is 3.35.